The molecule has 0 amide bonds. The summed E-state index contributed by atoms with van der Waals surface area (Å²) in [5.41, 5.74) is 2.47. The summed E-state index contributed by atoms with van der Waals surface area (Å²) in [6.45, 7) is 1.60. The van der Waals surface area contributed by atoms with Crippen LogP contribution < -0.4 is 10.0 Å². The van der Waals surface area contributed by atoms with Crippen molar-refractivity contribution in [3.05, 3.63) is 54.6 Å². The second-order valence-electron chi connectivity index (χ2n) is 4.07. The topological polar surface area (TPSA) is 58.2 Å². The van der Waals surface area contributed by atoms with Crippen LogP contribution in [0, 0.1) is 0 Å². The highest BCUT2D eigenvalue weighted by atomic mass is 32.2. The van der Waals surface area contributed by atoms with Crippen LogP contribution in [0.5, 0.6) is 0 Å². The van der Waals surface area contributed by atoms with E-state index in [4.69, 9.17) is 0 Å². The third kappa shape index (κ3) is 3.99. The van der Waals surface area contributed by atoms with Gasteiger partial charge in [-0.25, -0.2) is 8.42 Å². The van der Waals surface area contributed by atoms with E-state index in [1.165, 1.54) is 0 Å². The molecule has 2 aromatic carbocycles. The Kier molecular flexibility index (Phi) is 4.06. The number of hydrogen-bond acceptors (Lipinski definition) is 3. The molecule has 0 radical (unpaired) electrons. The monoisotopic (exact) mass is 276 g/mol. The Bertz CT molecular complexity index is 622. The molecular weight excluding hydrogens is 260 g/mol. The molecule has 2 rings (SSSR count). The molecule has 0 unspecified atom stereocenters. The van der Waals surface area contributed by atoms with Gasteiger partial charge in [-0.05, 0) is 43.3 Å². The van der Waals surface area contributed by atoms with Crippen LogP contribution in [-0.2, 0) is 10.0 Å². The SMILES string of the molecule is CCS(=O)(=O)Nc1ccc(Nc2ccccc2)cc1. The zero-order chi connectivity index (χ0) is 13.7. The second-order valence-corrected chi connectivity index (χ2v) is 6.08. The standard InChI is InChI=1S/C14H16N2O2S/c1-2-19(17,18)16-14-10-8-13(9-11-14)15-12-6-4-3-5-7-12/h3-11,15-16H,2H2,1H3. The van der Waals surface area contributed by atoms with E-state index < -0.39 is 10.0 Å². The Morgan fingerprint density at radius 1 is 0.842 bits per heavy atom. The molecule has 0 atom stereocenters. The van der Waals surface area contributed by atoms with Crippen molar-refractivity contribution in [1.29, 1.82) is 0 Å². The molecule has 0 bridgehead atoms. The Labute approximate surface area is 113 Å². The Hall–Kier alpha value is -2.01. The lowest BCUT2D eigenvalue weighted by molar-refractivity contribution is 0.602. The summed E-state index contributed by atoms with van der Waals surface area (Å²) in [6.07, 6.45) is 0. The molecule has 2 aromatic rings. The van der Waals surface area contributed by atoms with Crippen molar-refractivity contribution in [2.75, 3.05) is 15.8 Å². The zero-order valence-electron chi connectivity index (χ0n) is 10.6. The second kappa shape index (κ2) is 5.75. The highest BCUT2D eigenvalue weighted by Crippen LogP contribution is 2.19. The van der Waals surface area contributed by atoms with Gasteiger partial charge in [-0.3, -0.25) is 4.72 Å². The first-order valence-corrected chi connectivity index (χ1v) is 7.67. The van der Waals surface area contributed by atoms with E-state index in [2.05, 4.69) is 10.0 Å². The number of sulfonamides is 1. The molecule has 0 aromatic heterocycles. The van der Waals surface area contributed by atoms with Crippen LogP contribution in [0.3, 0.4) is 0 Å². The van der Waals surface area contributed by atoms with Gasteiger partial charge in [0.2, 0.25) is 10.0 Å². The van der Waals surface area contributed by atoms with Gasteiger partial charge in [0, 0.05) is 17.1 Å². The van der Waals surface area contributed by atoms with Crippen LogP contribution in [0.25, 0.3) is 0 Å². The largest absolute Gasteiger partial charge is 0.356 e. The van der Waals surface area contributed by atoms with Crippen molar-refractivity contribution in [2.24, 2.45) is 0 Å². The average molecular weight is 276 g/mol. The minimum Gasteiger partial charge on any atom is -0.356 e. The summed E-state index contributed by atoms with van der Waals surface area (Å²) >= 11 is 0. The highest BCUT2D eigenvalue weighted by molar-refractivity contribution is 7.92. The zero-order valence-corrected chi connectivity index (χ0v) is 11.4. The molecule has 19 heavy (non-hydrogen) atoms. The van der Waals surface area contributed by atoms with Gasteiger partial charge < -0.3 is 5.32 Å². The van der Waals surface area contributed by atoms with E-state index in [-0.39, 0.29) is 5.75 Å². The van der Waals surface area contributed by atoms with Crippen molar-refractivity contribution in [3.63, 3.8) is 0 Å². The van der Waals surface area contributed by atoms with Crippen LogP contribution in [0.15, 0.2) is 54.6 Å². The van der Waals surface area contributed by atoms with Gasteiger partial charge in [-0.2, -0.15) is 0 Å². The summed E-state index contributed by atoms with van der Waals surface area (Å²) in [7, 11) is -3.21. The van der Waals surface area contributed by atoms with Crippen molar-refractivity contribution in [1.82, 2.24) is 0 Å². The fourth-order valence-electron chi connectivity index (χ4n) is 1.56. The molecule has 0 saturated heterocycles. The van der Waals surface area contributed by atoms with Gasteiger partial charge in [0.25, 0.3) is 0 Å². The molecule has 4 nitrogen and oxygen atoms in total. The molecule has 0 heterocycles. The maximum absolute atomic E-state index is 11.4. The minimum atomic E-state index is -3.21. The minimum absolute atomic E-state index is 0.0665. The number of nitrogens with one attached hydrogen (secondary N) is 2. The summed E-state index contributed by atoms with van der Waals surface area (Å²) in [4.78, 5) is 0. The number of anilines is 3. The summed E-state index contributed by atoms with van der Waals surface area (Å²) in [5.74, 6) is 0.0665. The summed E-state index contributed by atoms with van der Waals surface area (Å²) in [5, 5.41) is 3.23. The predicted octanol–water partition coefficient (Wildman–Crippen LogP) is 3.19. The molecule has 0 saturated carbocycles. The van der Waals surface area contributed by atoms with Crippen molar-refractivity contribution < 1.29 is 8.42 Å². The van der Waals surface area contributed by atoms with E-state index in [0.29, 0.717) is 5.69 Å². The normalized spacial score (nSPS) is 11.0. The van der Waals surface area contributed by atoms with Crippen LogP contribution in [0.2, 0.25) is 0 Å². The van der Waals surface area contributed by atoms with Crippen LogP contribution >= 0.6 is 0 Å². The molecule has 0 spiro atoms. The van der Waals surface area contributed by atoms with E-state index in [9.17, 15) is 8.42 Å². The highest BCUT2D eigenvalue weighted by Gasteiger charge is 2.06. The lowest BCUT2D eigenvalue weighted by Gasteiger charge is -2.09. The molecule has 100 valence electrons. The lowest BCUT2D eigenvalue weighted by atomic mass is 10.2. The fourth-order valence-corrected chi connectivity index (χ4v) is 2.20. The van der Waals surface area contributed by atoms with Crippen molar-refractivity contribution >= 4 is 27.1 Å². The van der Waals surface area contributed by atoms with E-state index >= 15 is 0 Å². The molecule has 2 N–H and O–H groups in total. The van der Waals surface area contributed by atoms with E-state index in [1.54, 1.807) is 19.1 Å². The number of benzene rings is 2. The summed E-state index contributed by atoms with van der Waals surface area (Å²) in [6, 6.07) is 16.9. The number of para-hydroxylation sites is 1. The van der Waals surface area contributed by atoms with Crippen LogP contribution in [0.4, 0.5) is 17.1 Å². The molecule has 0 fully saturated rings. The first-order chi connectivity index (χ1) is 9.09. The molecule has 0 aliphatic heterocycles. The van der Waals surface area contributed by atoms with Gasteiger partial charge >= 0.3 is 0 Å². The van der Waals surface area contributed by atoms with E-state index in [0.717, 1.165) is 11.4 Å². The Morgan fingerprint density at radius 3 is 1.95 bits per heavy atom. The molecular formula is C14H16N2O2S. The smallest absolute Gasteiger partial charge is 0.232 e. The number of hydrogen-bond donors (Lipinski definition) is 2. The lowest BCUT2D eigenvalue weighted by Crippen LogP contribution is -2.14. The predicted molar refractivity (Wildman–Crippen MR) is 79.3 cm³/mol. The first-order valence-electron chi connectivity index (χ1n) is 6.02. The third-order valence-corrected chi connectivity index (χ3v) is 3.91. The first kappa shape index (κ1) is 13.4. The molecule has 0 aliphatic rings. The Balaban J connectivity index is 2.07. The van der Waals surface area contributed by atoms with Crippen LogP contribution in [0.1, 0.15) is 6.92 Å². The van der Waals surface area contributed by atoms with Gasteiger partial charge in [0.05, 0.1) is 5.75 Å². The maximum atomic E-state index is 11.4. The van der Waals surface area contributed by atoms with Crippen molar-refractivity contribution in [3.8, 4) is 0 Å². The molecule has 5 heteroatoms. The molecule has 0 aliphatic carbocycles. The average Bonchev–Trinajstić information content (AvgIpc) is 2.42. The van der Waals surface area contributed by atoms with Crippen molar-refractivity contribution in [2.45, 2.75) is 6.92 Å². The van der Waals surface area contributed by atoms with Gasteiger partial charge in [-0.15, -0.1) is 0 Å². The summed E-state index contributed by atoms with van der Waals surface area (Å²) < 4.78 is 25.3. The quantitative estimate of drug-likeness (QED) is 0.881. The Morgan fingerprint density at radius 2 is 1.37 bits per heavy atom. The third-order valence-electron chi connectivity index (χ3n) is 2.60. The maximum Gasteiger partial charge on any atom is 0.232 e. The van der Waals surface area contributed by atoms with Crippen LogP contribution in [-0.4, -0.2) is 14.2 Å². The van der Waals surface area contributed by atoms with Gasteiger partial charge in [-0.1, -0.05) is 18.2 Å². The van der Waals surface area contributed by atoms with Gasteiger partial charge in [0.1, 0.15) is 0 Å². The number of rotatable bonds is 5. The van der Waals surface area contributed by atoms with E-state index in [1.807, 2.05) is 42.5 Å². The van der Waals surface area contributed by atoms with Gasteiger partial charge in [0.15, 0.2) is 0 Å². The fraction of sp³-hybridized carbons (Fsp3) is 0.143.